The van der Waals surface area contributed by atoms with Crippen LogP contribution >= 0.6 is 45.8 Å². The Bertz CT molecular complexity index is 647. The molecule has 0 aliphatic carbocycles. The molecule has 0 atom stereocenters. The molecule has 1 amide bonds. The second kappa shape index (κ2) is 6.59. The van der Waals surface area contributed by atoms with Gasteiger partial charge in [0.25, 0.3) is 5.91 Å². The highest BCUT2D eigenvalue weighted by molar-refractivity contribution is 14.1. The summed E-state index contributed by atoms with van der Waals surface area (Å²) in [6.07, 6.45) is 0. The molecule has 20 heavy (non-hydrogen) atoms. The van der Waals surface area contributed by atoms with Crippen LogP contribution in [-0.2, 0) is 0 Å². The van der Waals surface area contributed by atoms with Crippen LogP contribution < -0.4 is 10.1 Å². The highest BCUT2D eigenvalue weighted by Crippen LogP contribution is 2.27. The Morgan fingerprint density at radius 2 is 2.25 bits per heavy atom. The molecule has 6 nitrogen and oxygen atoms in total. The van der Waals surface area contributed by atoms with Gasteiger partial charge in [0.2, 0.25) is 5.95 Å². The van der Waals surface area contributed by atoms with Gasteiger partial charge in [-0.05, 0) is 41.6 Å². The number of rotatable bonds is 4. The van der Waals surface area contributed by atoms with Gasteiger partial charge in [0.05, 0.1) is 17.2 Å². The normalized spacial score (nSPS) is 10.4. The molecule has 1 aromatic heterocycles. The first-order valence-corrected chi connectivity index (χ1v) is 7.35. The first-order chi connectivity index (χ1) is 9.51. The Kier molecular flexibility index (Phi) is 5.06. The molecule has 0 unspecified atom stereocenters. The molecule has 2 rings (SSSR count). The smallest absolute Gasteiger partial charge is 0.337 e. The standard InChI is InChI=1S/C11H9Cl2IN4O2/c1-2-20-11-16-10(17-18-11)15-9(19)6-3-5(12)4-7(13)8(6)14/h3-4H,2H2,1H3,(H2,15,16,17,18,19). The van der Waals surface area contributed by atoms with Crippen LogP contribution in [0.15, 0.2) is 12.1 Å². The van der Waals surface area contributed by atoms with Crippen molar-refractivity contribution in [3.8, 4) is 6.01 Å². The van der Waals surface area contributed by atoms with E-state index in [0.717, 1.165) is 0 Å². The number of nitrogens with one attached hydrogen (secondary N) is 2. The summed E-state index contributed by atoms with van der Waals surface area (Å²) < 4.78 is 5.69. The van der Waals surface area contributed by atoms with E-state index in [0.29, 0.717) is 25.8 Å². The summed E-state index contributed by atoms with van der Waals surface area (Å²) in [5.74, 6) is -0.205. The average Bonchev–Trinajstić information content (AvgIpc) is 2.81. The molecule has 0 spiro atoms. The number of benzene rings is 1. The largest absolute Gasteiger partial charge is 0.463 e. The summed E-state index contributed by atoms with van der Waals surface area (Å²) >= 11 is 13.9. The third-order valence-corrected chi connectivity index (χ3v) is 4.21. The molecular weight excluding hydrogens is 418 g/mol. The van der Waals surface area contributed by atoms with E-state index in [-0.39, 0.29) is 12.0 Å². The van der Waals surface area contributed by atoms with Gasteiger partial charge in [-0.1, -0.05) is 23.2 Å². The van der Waals surface area contributed by atoms with Crippen molar-refractivity contribution in [3.63, 3.8) is 0 Å². The molecule has 1 heterocycles. The van der Waals surface area contributed by atoms with Crippen LogP contribution in [0.1, 0.15) is 17.3 Å². The Balaban J connectivity index is 2.19. The molecule has 1 aromatic carbocycles. The molecule has 0 saturated heterocycles. The number of ether oxygens (including phenoxy) is 1. The lowest BCUT2D eigenvalue weighted by atomic mass is 10.2. The van der Waals surface area contributed by atoms with Crippen molar-refractivity contribution in [2.24, 2.45) is 0 Å². The molecule has 0 aliphatic rings. The van der Waals surface area contributed by atoms with Gasteiger partial charge >= 0.3 is 6.01 Å². The maximum atomic E-state index is 12.1. The van der Waals surface area contributed by atoms with Crippen LogP contribution in [-0.4, -0.2) is 27.7 Å². The summed E-state index contributed by atoms with van der Waals surface area (Å²) in [5.41, 5.74) is 0.359. The lowest BCUT2D eigenvalue weighted by molar-refractivity contribution is 0.102. The van der Waals surface area contributed by atoms with E-state index >= 15 is 0 Å². The number of aromatic nitrogens is 3. The second-order valence-electron chi connectivity index (χ2n) is 3.60. The topological polar surface area (TPSA) is 79.9 Å². The lowest BCUT2D eigenvalue weighted by Crippen LogP contribution is -2.14. The van der Waals surface area contributed by atoms with Gasteiger partial charge in [0, 0.05) is 8.59 Å². The fourth-order valence-corrected chi connectivity index (χ4v) is 2.44. The summed E-state index contributed by atoms with van der Waals surface area (Å²) in [7, 11) is 0. The number of aromatic amines is 1. The van der Waals surface area contributed by atoms with Gasteiger partial charge in [-0.25, -0.2) is 5.10 Å². The third-order valence-electron chi connectivity index (χ3n) is 2.21. The van der Waals surface area contributed by atoms with Gasteiger partial charge < -0.3 is 4.74 Å². The first kappa shape index (κ1) is 15.3. The third kappa shape index (κ3) is 3.53. The zero-order valence-electron chi connectivity index (χ0n) is 10.2. The predicted molar refractivity (Wildman–Crippen MR) is 84.7 cm³/mol. The minimum atomic E-state index is -0.391. The molecular formula is C11H9Cl2IN4O2. The quantitative estimate of drug-likeness (QED) is 0.580. The maximum Gasteiger partial charge on any atom is 0.337 e. The Morgan fingerprint density at radius 3 is 2.95 bits per heavy atom. The Labute approximate surface area is 138 Å². The molecule has 9 heteroatoms. The number of anilines is 1. The van der Waals surface area contributed by atoms with Crippen LogP contribution in [0, 0.1) is 3.57 Å². The Hall–Kier alpha value is -1.06. The van der Waals surface area contributed by atoms with Gasteiger partial charge in [-0.15, -0.1) is 5.10 Å². The molecule has 0 fully saturated rings. The van der Waals surface area contributed by atoms with Gasteiger partial charge in [0.15, 0.2) is 0 Å². The predicted octanol–water partition coefficient (Wildman–Crippen LogP) is 3.37. The van der Waals surface area contributed by atoms with Crippen molar-refractivity contribution in [1.82, 2.24) is 15.2 Å². The van der Waals surface area contributed by atoms with Gasteiger partial charge in [0.1, 0.15) is 0 Å². The summed E-state index contributed by atoms with van der Waals surface area (Å²) in [6.45, 7) is 2.25. The molecule has 0 radical (unpaired) electrons. The van der Waals surface area contributed by atoms with Crippen molar-refractivity contribution in [2.75, 3.05) is 11.9 Å². The number of H-pyrrole nitrogens is 1. The lowest BCUT2D eigenvalue weighted by Gasteiger charge is -2.06. The van der Waals surface area contributed by atoms with E-state index in [9.17, 15) is 4.79 Å². The number of hydrogen-bond donors (Lipinski definition) is 2. The number of nitrogens with zero attached hydrogens (tertiary/aromatic N) is 2. The number of halogens is 3. The summed E-state index contributed by atoms with van der Waals surface area (Å²) in [5, 5.41) is 9.69. The van der Waals surface area contributed by atoms with Gasteiger partial charge in [-0.2, -0.15) is 4.98 Å². The number of carbonyl (C=O) groups excluding carboxylic acids is 1. The molecule has 0 saturated carbocycles. The van der Waals surface area contributed by atoms with Crippen molar-refractivity contribution < 1.29 is 9.53 Å². The Morgan fingerprint density at radius 1 is 1.50 bits per heavy atom. The van der Waals surface area contributed by atoms with E-state index in [1.54, 1.807) is 6.07 Å². The van der Waals surface area contributed by atoms with Crippen molar-refractivity contribution in [3.05, 3.63) is 31.3 Å². The molecule has 2 N–H and O–H groups in total. The van der Waals surface area contributed by atoms with Crippen molar-refractivity contribution >= 4 is 57.6 Å². The number of hydrogen-bond acceptors (Lipinski definition) is 4. The second-order valence-corrected chi connectivity index (χ2v) is 5.53. The van der Waals surface area contributed by atoms with Gasteiger partial charge in [-0.3, -0.25) is 10.1 Å². The summed E-state index contributed by atoms with van der Waals surface area (Å²) in [6, 6.07) is 3.27. The fourth-order valence-electron chi connectivity index (χ4n) is 1.39. The molecule has 106 valence electrons. The van der Waals surface area contributed by atoms with Crippen molar-refractivity contribution in [1.29, 1.82) is 0 Å². The molecule has 0 bridgehead atoms. The molecule has 2 aromatic rings. The van der Waals surface area contributed by atoms with E-state index in [1.165, 1.54) is 6.07 Å². The van der Waals surface area contributed by atoms with E-state index in [1.807, 2.05) is 29.5 Å². The van der Waals surface area contributed by atoms with Crippen LogP contribution in [0.5, 0.6) is 6.01 Å². The van der Waals surface area contributed by atoms with E-state index in [4.69, 9.17) is 27.9 Å². The minimum Gasteiger partial charge on any atom is -0.463 e. The summed E-state index contributed by atoms with van der Waals surface area (Å²) in [4.78, 5) is 16.1. The van der Waals surface area contributed by atoms with Crippen LogP contribution in [0.2, 0.25) is 10.0 Å². The van der Waals surface area contributed by atoms with Crippen LogP contribution in [0.3, 0.4) is 0 Å². The maximum absolute atomic E-state index is 12.1. The monoisotopic (exact) mass is 426 g/mol. The molecule has 0 aliphatic heterocycles. The van der Waals surface area contributed by atoms with Crippen LogP contribution in [0.25, 0.3) is 0 Å². The van der Waals surface area contributed by atoms with Crippen LogP contribution in [0.4, 0.5) is 5.95 Å². The highest BCUT2D eigenvalue weighted by Gasteiger charge is 2.16. The SMILES string of the molecule is CCOc1n[nH]c(NC(=O)c2cc(Cl)cc(Cl)c2I)n1. The zero-order chi connectivity index (χ0) is 14.7. The minimum absolute atomic E-state index is 0.168. The fraction of sp³-hybridized carbons (Fsp3) is 0.182. The average molecular weight is 427 g/mol. The first-order valence-electron chi connectivity index (χ1n) is 5.52. The van der Waals surface area contributed by atoms with E-state index < -0.39 is 5.91 Å². The van der Waals surface area contributed by atoms with E-state index in [2.05, 4.69) is 20.5 Å². The number of carbonyl (C=O) groups is 1. The zero-order valence-corrected chi connectivity index (χ0v) is 13.9. The van der Waals surface area contributed by atoms with Crippen molar-refractivity contribution in [2.45, 2.75) is 6.92 Å². The highest BCUT2D eigenvalue weighted by atomic mass is 127. The number of amides is 1.